The van der Waals surface area contributed by atoms with E-state index in [2.05, 4.69) is 10.6 Å². The standard InChI is InChI=1S/C22H21F3N2O2/c23-22(24,25)16-6-8-18-15(4-2-10-29-20(18)12-16)11-21(28)27-17-7-5-14-3-1-9-26-19(14)13-17/h5-8,11-13,26H,1-4,9-10H2,(H,27,28)/b15-11+. The van der Waals surface area contributed by atoms with Crippen LogP contribution in [0.5, 0.6) is 5.75 Å². The van der Waals surface area contributed by atoms with Crippen LogP contribution in [0.3, 0.4) is 0 Å². The van der Waals surface area contributed by atoms with Gasteiger partial charge < -0.3 is 15.4 Å². The van der Waals surface area contributed by atoms with Crippen LogP contribution < -0.4 is 15.4 Å². The van der Waals surface area contributed by atoms with Crippen molar-refractivity contribution in [2.24, 2.45) is 0 Å². The van der Waals surface area contributed by atoms with Crippen LogP contribution in [0.4, 0.5) is 24.5 Å². The maximum atomic E-state index is 13.0. The average Bonchev–Trinajstić information content (AvgIpc) is 2.89. The number of alkyl halides is 3. The number of ether oxygens (including phenoxy) is 1. The molecular formula is C22H21F3N2O2. The Morgan fingerprint density at radius 1 is 1.10 bits per heavy atom. The van der Waals surface area contributed by atoms with Gasteiger partial charge in [-0.1, -0.05) is 12.1 Å². The summed E-state index contributed by atoms with van der Waals surface area (Å²) in [6, 6.07) is 9.17. The van der Waals surface area contributed by atoms with E-state index < -0.39 is 11.7 Å². The third kappa shape index (κ3) is 4.39. The zero-order valence-corrected chi connectivity index (χ0v) is 15.7. The van der Waals surface area contributed by atoms with E-state index in [1.807, 2.05) is 18.2 Å². The number of allylic oxidation sites excluding steroid dienone is 1. The molecule has 2 aliphatic heterocycles. The van der Waals surface area contributed by atoms with E-state index in [4.69, 9.17) is 4.74 Å². The van der Waals surface area contributed by atoms with Crippen molar-refractivity contribution in [2.75, 3.05) is 23.8 Å². The van der Waals surface area contributed by atoms with Crippen molar-refractivity contribution < 1.29 is 22.7 Å². The summed E-state index contributed by atoms with van der Waals surface area (Å²) >= 11 is 0. The van der Waals surface area contributed by atoms with Crippen molar-refractivity contribution in [3.05, 3.63) is 59.2 Å². The fraction of sp³-hybridized carbons (Fsp3) is 0.318. The molecule has 0 radical (unpaired) electrons. The van der Waals surface area contributed by atoms with E-state index in [-0.39, 0.29) is 11.7 Å². The zero-order chi connectivity index (χ0) is 20.4. The van der Waals surface area contributed by atoms with Gasteiger partial charge in [-0.05, 0) is 61.1 Å². The van der Waals surface area contributed by atoms with Crippen LogP contribution in [-0.4, -0.2) is 19.1 Å². The number of hydrogen-bond donors (Lipinski definition) is 2. The number of carbonyl (C=O) groups excluding carboxylic acids is 1. The molecule has 0 atom stereocenters. The molecule has 4 rings (SSSR count). The van der Waals surface area contributed by atoms with Gasteiger partial charge in [0.05, 0.1) is 12.2 Å². The normalized spacial score (nSPS) is 17.4. The number of aryl methyl sites for hydroxylation is 1. The second kappa shape index (κ2) is 7.81. The Balaban J connectivity index is 1.57. The highest BCUT2D eigenvalue weighted by Crippen LogP contribution is 2.38. The van der Waals surface area contributed by atoms with Gasteiger partial charge in [-0.25, -0.2) is 0 Å². The monoisotopic (exact) mass is 402 g/mol. The fourth-order valence-corrected chi connectivity index (χ4v) is 3.69. The molecule has 0 unspecified atom stereocenters. The molecule has 0 saturated heterocycles. The Morgan fingerprint density at radius 3 is 2.79 bits per heavy atom. The van der Waals surface area contributed by atoms with E-state index in [0.29, 0.717) is 36.3 Å². The van der Waals surface area contributed by atoms with Gasteiger partial charge in [0.15, 0.2) is 0 Å². The van der Waals surface area contributed by atoms with Gasteiger partial charge in [0, 0.05) is 29.6 Å². The molecule has 0 aliphatic carbocycles. The number of halogens is 3. The number of rotatable bonds is 2. The molecule has 7 heteroatoms. The molecule has 2 heterocycles. The highest BCUT2D eigenvalue weighted by molar-refractivity contribution is 6.04. The number of fused-ring (bicyclic) bond motifs is 2. The molecule has 2 aliphatic rings. The van der Waals surface area contributed by atoms with Crippen LogP contribution in [0.25, 0.3) is 5.57 Å². The van der Waals surface area contributed by atoms with Crippen molar-refractivity contribution in [2.45, 2.75) is 31.9 Å². The minimum atomic E-state index is -4.44. The summed E-state index contributed by atoms with van der Waals surface area (Å²) < 4.78 is 44.5. The first-order valence-electron chi connectivity index (χ1n) is 9.63. The topological polar surface area (TPSA) is 50.4 Å². The number of nitrogens with one attached hydrogen (secondary N) is 2. The lowest BCUT2D eigenvalue weighted by Gasteiger charge is -2.18. The van der Waals surface area contributed by atoms with Gasteiger partial charge in [-0.2, -0.15) is 13.2 Å². The minimum absolute atomic E-state index is 0.161. The molecule has 2 N–H and O–H groups in total. The van der Waals surface area contributed by atoms with Crippen LogP contribution in [0.15, 0.2) is 42.5 Å². The number of amides is 1. The van der Waals surface area contributed by atoms with Crippen LogP contribution in [0, 0.1) is 0 Å². The highest BCUT2D eigenvalue weighted by atomic mass is 19.4. The predicted molar refractivity (Wildman–Crippen MR) is 106 cm³/mol. The lowest BCUT2D eigenvalue weighted by molar-refractivity contribution is -0.137. The second-order valence-corrected chi connectivity index (χ2v) is 7.22. The summed E-state index contributed by atoms with van der Waals surface area (Å²) in [7, 11) is 0. The second-order valence-electron chi connectivity index (χ2n) is 7.22. The van der Waals surface area contributed by atoms with Gasteiger partial charge in [-0.15, -0.1) is 0 Å². The van der Waals surface area contributed by atoms with Crippen molar-refractivity contribution >= 4 is 22.9 Å². The first kappa shape index (κ1) is 19.4. The molecule has 152 valence electrons. The molecule has 2 aromatic rings. The molecule has 0 fully saturated rings. The van der Waals surface area contributed by atoms with Crippen molar-refractivity contribution in [1.82, 2.24) is 0 Å². The van der Waals surface area contributed by atoms with Crippen LogP contribution >= 0.6 is 0 Å². The molecule has 0 aromatic heterocycles. The Morgan fingerprint density at radius 2 is 1.97 bits per heavy atom. The quantitative estimate of drug-likeness (QED) is 0.674. The minimum Gasteiger partial charge on any atom is -0.493 e. The Bertz CT molecular complexity index is 967. The Labute approximate surface area is 166 Å². The molecule has 29 heavy (non-hydrogen) atoms. The van der Waals surface area contributed by atoms with Crippen LogP contribution in [0.2, 0.25) is 0 Å². The summed E-state index contributed by atoms with van der Waals surface area (Å²) in [4.78, 5) is 12.6. The average molecular weight is 402 g/mol. The zero-order valence-electron chi connectivity index (χ0n) is 15.7. The van der Waals surface area contributed by atoms with Gasteiger partial charge in [0.1, 0.15) is 5.75 Å². The van der Waals surface area contributed by atoms with Crippen molar-refractivity contribution in [3.8, 4) is 5.75 Å². The van der Waals surface area contributed by atoms with E-state index in [1.165, 1.54) is 17.7 Å². The lowest BCUT2D eigenvalue weighted by Crippen LogP contribution is -2.13. The van der Waals surface area contributed by atoms with Crippen molar-refractivity contribution in [1.29, 1.82) is 0 Å². The smallest absolute Gasteiger partial charge is 0.416 e. The number of anilines is 2. The van der Waals surface area contributed by atoms with Crippen LogP contribution in [-0.2, 0) is 17.4 Å². The van der Waals surface area contributed by atoms with Gasteiger partial charge in [0.25, 0.3) is 0 Å². The SMILES string of the molecule is O=C(/C=C1\CCCOc2cc(C(F)(F)F)ccc21)Nc1ccc2c(c1)NCCC2. The molecule has 1 amide bonds. The third-order valence-electron chi connectivity index (χ3n) is 5.12. The maximum absolute atomic E-state index is 13.0. The Hall–Kier alpha value is -2.96. The maximum Gasteiger partial charge on any atom is 0.416 e. The van der Waals surface area contributed by atoms with Crippen LogP contribution in [0.1, 0.15) is 36.0 Å². The third-order valence-corrected chi connectivity index (χ3v) is 5.12. The summed E-state index contributed by atoms with van der Waals surface area (Å²) in [6.45, 7) is 1.22. The van der Waals surface area contributed by atoms with E-state index in [1.54, 1.807) is 0 Å². The largest absolute Gasteiger partial charge is 0.493 e. The van der Waals surface area contributed by atoms with Crippen molar-refractivity contribution in [3.63, 3.8) is 0 Å². The molecule has 0 bridgehead atoms. The summed E-state index contributed by atoms with van der Waals surface area (Å²) in [5.74, 6) is -0.155. The highest BCUT2D eigenvalue weighted by Gasteiger charge is 2.32. The summed E-state index contributed by atoms with van der Waals surface area (Å²) in [5, 5.41) is 6.17. The number of hydrogen-bond acceptors (Lipinski definition) is 3. The van der Waals surface area contributed by atoms with Gasteiger partial charge in [-0.3, -0.25) is 4.79 Å². The van der Waals surface area contributed by atoms with E-state index in [0.717, 1.165) is 37.2 Å². The Kier molecular flexibility index (Phi) is 5.22. The molecular weight excluding hydrogens is 381 g/mol. The van der Waals surface area contributed by atoms with Gasteiger partial charge >= 0.3 is 6.18 Å². The number of carbonyl (C=O) groups is 1. The molecule has 2 aromatic carbocycles. The summed E-state index contributed by atoms with van der Waals surface area (Å²) in [5.41, 5.74) is 3.36. The first-order valence-corrected chi connectivity index (χ1v) is 9.63. The van der Waals surface area contributed by atoms with E-state index in [9.17, 15) is 18.0 Å². The lowest BCUT2D eigenvalue weighted by atomic mass is 9.99. The number of benzene rings is 2. The van der Waals surface area contributed by atoms with Gasteiger partial charge in [0.2, 0.25) is 5.91 Å². The molecule has 0 saturated carbocycles. The molecule has 0 spiro atoms. The fourth-order valence-electron chi connectivity index (χ4n) is 3.69. The van der Waals surface area contributed by atoms with E-state index >= 15 is 0 Å². The first-order chi connectivity index (χ1) is 13.9. The summed E-state index contributed by atoms with van der Waals surface area (Å²) in [6.07, 6.45) is 0.287. The predicted octanol–water partition coefficient (Wildman–Crippen LogP) is 5.26. The molecule has 4 nitrogen and oxygen atoms in total.